The third-order valence-electron chi connectivity index (χ3n) is 4.75. The zero-order chi connectivity index (χ0) is 22.8. The number of amides is 1. The molecule has 0 aliphatic carbocycles. The molecule has 1 heterocycles. The highest BCUT2D eigenvalue weighted by molar-refractivity contribution is 6.05. The summed E-state index contributed by atoms with van der Waals surface area (Å²) in [6, 6.07) is 17.2. The van der Waals surface area contributed by atoms with Crippen molar-refractivity contribution >= 4 is 11.6 Å². The molecule has 1 amide bonds. The number of ether oxygens (including phenoxy) is 3. The van der Waals surface area contributed by atoms with Gasteiger partial charge in [-0.1, -0.05) is 18.2 Å². The van der Waals surface area contributed by atoms with Gasteiger partial charge in [-0.05, 0) is 75.6 Å². The van der Waals surface area contributed by atoms with Crippen LogP contribution in [0.2, 0.25) is 0 Å². The van der Waals surface area contributed by atoms with Crippen LogP contribution in [-0.2, 0) is 12.8 Å². The fourth-order valence-electron chi connectivity index (χ4n) is 3.35. The van der Waals surface area contributed by atoms with E-state index in [1.807, 2.05) is 57.2 Å². The number of carbonyl (C=O) groups excluding carboxylic acids is 1. The van der Waals surface area contributed by atoms with Crippen molar-refractivity contribution in [1.82, 2.24) is 4.98 Å². The molecule has 0 radical (unpaired) electrons. The lowest BCUT2D eigenvalue weighted by Gasteiger charge is -2.17. The Morgan fingerprint density at radius 1 is 0.844 bits per heavy atom. The van der Waals surface area contributed by atoms with E-state index in [0.717, 1.165) is 29.8 Å². The number of rotatable bonds is 11. The van der Waals surface area contributed by atoms with Gasteiger partial charge in [0.15, 0.2) is 11.5 Å². The van der Waals surface area contributed by atoms with Gasteiger partial charge in [-0.2, -0.15) is 0 Å². The van der Waals surface area contributed by atoms with Crippen LogP contribution < -0.4 is 19.5 Å². The molecule has 0 aliphatic rings. The van der Waals surface area contributed by atoms with Gasteiger partial charge in [0.2, 0.25) is 5.75 Å². The summed E-state index contributed by atoms with van der Waals surface area (Å²) < 4.78 is 17.2. The highest BCUT2D eigenvalue weighted by Crippen LogP contribution is 2.39. The van der Waals surface area contributed by atoms with E-state index in [-0.39, 0.29) is 5.91 Å². The zero-order valence-electron chi connectivity index (χ0n) is 18.9. The highest BCUT2D eigenvalue weighted by atomic mass is 16.5. The smallest absolute Gasteiger partial charge is 0.255 e. The molecule has 1 aromatic heterocycles. The molecule has 0 fully saturated rings. The second kappa shape index (κ2) is 11.7. The molecule has 3 rings (SSSR count). The van der Waals surface area contributed by atoms with E-state index >= 15 is 0 Å². The Labute approximate surface area is 189 Å². The maximum absolute atomic E-state index is 13.0. The van der Waals surface area contributed by atoms with Crippen molar-refractivity contribution in [1.29, 1.82) is 0 Å². The van der Waals surface area contributed by atoms with Gasteiger partial charge in [-0.25, -0.2) is 0 Å². The fraction of sp³-hybridized carbons (Fsp3) is 0.308. The Balaban J connectivity index is 1.77. The van der Waals surface area contributed by atoms with Crippen molar-refractivity contribution in [3.8, 4) is 17.2 Å². The number of aromatic nitrogens is 1. The van der Waals surface area contributed by atoms with Crippen LogP contribution in [0.3, 0.4) is 0 Å². The quantitative estimate of drug-likeness (QED) is 0.443. The van der Waals surface area contributed by atoms with Crippen molar-refractivity contribution in [2.45, 2.75) is 33.6 Å². The number of carbonyl (C=O) groups is 1. The third-order valence-corrected chi connectivity index (χ3v) is 4.75. The molecule has 6 nitrogen and oxygen atoms in total. The molecule has 168 valence electrons. The first-order valence-electron chi connectivity index (χ1n) is 11.0. The zero-order valence-corrected chi connectivity index (χ0v) is 18.9. The lowest BCUT2D eigenvalue weighted by Crippen LogP contribution is -2.13. The molecule has 0 aliphatic heterocycles. The summed E-state index contributed by atoms with van der Waals surface area (Å²) in [4.78, 5) is 17.4. The lowest BCUT2D eigenvalue weighted by atomic mass is 10.1. The van der Waals surface area contributed by atoms with Gasteiger partial charge in [0, 0.05) is 23.1 Å². The monoisotopic (exact) mass is 434 g/mol. The van der Waals surface area contributed by atoms with Crippen LogP contribution in [0.15, 0.2) is 60.8 Å². The first-order valence-corrected chi connectivity index (χ1v) is 11.0. The van der Waals surface area contributed by atoms with Crippen molar-refractivity contribution in [3.63, 3.8) is 0 Å². The Morgan fingerprint density at radius 2 is 1.56 bits per heavy atom. The molecule has 0 spiro atoms. The Kier molecular flexibility index (Phi) is 8.49. The molecule has 0 saturated heterocycles. The summed E-state index contributed by atoms with van der Waals surface area (Å²) in [6.45, 7) is 7.05. The van der Waals surface area contributed by atoms with E-state index in [2.05, 4.69) is 16.4 Å². The molecule has 32 heavy (non-hydrogen) atoms. The second-order valence-corrected chi connectivity index (χ2v) is 7.08. The molecule has 1 N–H and O–H groups in total. The predicted molar refractivity (Wildman–Crippen MR) is 126 cm³/mol. The summed E-state index contributed by atoms with van der Waals surface area (Å²) in [6.07, 6.45) is 3.48. The summed E-state index contributed by atoms with van der Waals surface area (Å²) in [5, 5.41) is 2.98. The number of nitrogens with zero attached hydrogens (tertiary/aromatic N) is 1. The van der Waals surface area contributed by atoms with Crippen LogP contribution in [0.5, 0.6) is 17.2 Å². The van der Waals surface area contributed by atoms with Gasteiger partial charge in [0.05, 0.1) is 19.8 Å². The first-order chi connectivity index (χ1) is 15.6. The van der Waals surface area contributed by atoms with E-state index < -0.39 is 0 Å². The minimum atomic E-state index is -0.239. The van der Waals surface area contributed by atoms with Crippen LogP contribution in [0.1, 0.15) is 42.4 Å². The minimum Gasteiger partial charge on any atom is -0.490 e. The topological polar surface area (TPSA) is 69.7 Å². The van der Waals surface area contributed by atoms with E-state index in [0.29, 0.717) is 42.6 Å². The number of pyridine rings is 1. The van der Waals surface area contributed by atoms with E-state index in [1.165, 1.54) is 0 Å². The molecule has 0 saturated carbocycles. The summed E-state index contributed by atoms with van der Waals surface area (Å²) >= 11 is 0. The Morgan fingerprint density at radius 3 is 2.19 bits per heavy atom. The molecular formula is C26H30N2O4. The summed E-state index contributed by atoms with van der Waals surface area (Å²) in [5.74, 6) is 1.27. The maximum Gasteiger partial charge on any atom is 0.255 e. The average molecular weight is 435 g/mol. The van der Waals surface area contributed by atoms with Gasteiger partial charge in [-0.15, -0.1) is 0 Å². The predicted octanol–water partition coefficient (Wildman–Crippen LogP) is 5.32. The first kappa shape index (κ1) is 23.1. The Hall–Kier alpha value is -3.54. The fourth-order valence-corrected chi connectivity index (χ4v) is 3.35. The van der Waals surface area contributed by atoms with E-state index in [4.69, 9.17) is 14.2 Å². The van der Waals surface area contributed by atoms with Crippen molar-refractivity contribution in [2.24, 2.45) is 0 Å². The summed E-state index contributed by atoms with van der Waals surface area (Å²) in [5.41, 5.74) is 3.35. The van der Waals surface area contributed by atoms with Crippen LogP contribution >= 0.6 is 0 Å². The van der Waals surface area contributed by atoms with Crippen LogP contribution in [-0.4, -0.2) is 30.7 Å². The standard InChI is InChI=1S/C26H30N2O4/c1-4-30-23-17-20(18-24(31-5-2)25(23)32-6-3)26(29)28-22-12-9-10-19(16-22)13-14-21-11-7-8-15-27-21/h7-12,15-18H,4-6,13-14H2,1-3H3,(H,28,29). The third kappa shape index (κ3) is 6.23. The van der Waals surface area contributed by atoms with E-state index in [1.54, 1.807) is 18.3 Å². The number of hydrogen-bond donors (Lipinski definition) is 1. The molecule has 0 unspecified atom stereocenters. The lowest BCUT2D eigenvalue weighted by molar-refractivity contribution is 0.102. The normalized spacial score (nSPS) is 10.5. The Bertz CT molecular complexity index is 994. The van der Waals surface area contributed by atoms with Crippen molar-refractivity contribution in [3.05, 3.63) is 77.6 Å². The van der Waals surface area contributed by atoms with Crippen molar-refractivity contribution in [2.75, 3.05) is 25.1 Å². The molecule has 6 heteroatoms. The van der Waals surface area contributed by atoms with Gasteiger partial charge < -0.3 is 19.5 Å². The molecule has 0 atom stereocenters. The van der Waals surface area contributed by atoms with Gasteiger partial charge in [0.25, 0.3) is 5.91 Å². The van der Waals surface area contributed by atoms with Crippen molar-refractivity contribution < 1.29 is 19.0 Å². The van der Waals surface area contributed by atoms with Gasteiger partial charge in [-0.3, -0.25) is 9.78 Å². The van der Waals surface area contributed by atoms with Crippen LogP contribution in [0.4, 0.5) is 5.69 Å². The molecule has 3 aromatic rings. The number of benzene rings is 2. The maximum atomic E-state index is 13.0. The van der Waals surface area contributed by atoms with Gasteiger partial charge >= 0.3 is 0 Å². The molecule has 0 bridgehead atoms. The second-order valence-electron chi connectivity index (χ2n) is 7.08. The van der Waals surface area contributed by atoms with Crippen LogP contribution in [0, 0.1) is 0 Å². The summed E-state index contributed by atoms with van der Waals surface area (Å²) in [7, 11) is 0. The highest BCUT2D eigenvalue weighted by Gasteiger charge is 2.18. The SMILES string of the molecule is CCOc1cc(C(=O)Nc2cccc(CCc3ccccn3)c2)cc(OCC)c1OCC. The molecule has 2 aromatic carbocycles. The van der Waals surface area contributed by atoms with Gasteiger partial charge in [0.1, 0.15) is 0 Å². The number of anilines is 1. The van der Waals surface area contributed by atoms with Crippen LogP contribution in [0.25, 0.3) is 0 Å². The number of nitrogens with one attached hydrogen (secondary N) is 1. The average Bonchev–Trinajstić information content (AvgIpc) is 2.81. The van der Waals surface area contributed by atoms with E-state index in [9.17, 15) is 4.79 Å². The minimum absolute atomic E-state index is 0.239. The number of hydrogen-bond acceptors (Lipinski definition) is 5. The molecular weight excluding hydrogens is 404 g/mol. The number of aryl methyl sites for hydroxylation is 2. The largest absolute Gasteiger partial charge is 0.490 e.